The molecule has 0 heterocycles. The minimum absolute atomic E-state index is 0.0156. The van der Waals surface area contributed by atoms with Crippen LogP contribution in [0.25, 0.3) is 11.1 Å². The summed E-state index contributed by atoms with van der Waals surface area (Å²) in [6, 6.07) is 20.8. The third-order valence-electron chi connectivity index (χ3n) is 2.49. The van der Waals surface area contributed by atoms with Crippen molar-refractivity contribution in [1.29, 1.82) is 0 Å². The smallest absolute Gasteiger partial charge is 0.0605 e. The highest BCUT2D eigenvalue weighted by Gasteiger charge is 2.19. The van der Waals surface area contributed by atoms with Gasteiger partial charge in [-0.3, -0.25) is 0 Å². The molecule has 0 N–H and O–H groups in total. The molecule has 21 heavy (non-hydrogen) atoms. The van der Waals surface area contributed by atoms with E-state index in [2.05, 4.69) is 90.1 Å². The quantitative estimate of drug-likeness (QED) is 0.628. The third kappa shape index (κ3) is 8.31. The molecule has 0 amide bonds. The van der Waals surface area contributed by atoms with Crippen molar-refractivity contribution in [2.45, 2.75) is 52.7 Å². The fourth-order valence-corrected chi connectivity index (χ4v) is 2.18. The Morgan fingerprint density at radius 3 is 1.00 bits per heavy atom. The molecule has 2 rings (SSSR count). The molecule has 2 aromatic rings. The van der Waals surface area contributed by atoms with Crippen LogP contribution in [0.4, 0.5) is 0 Å². The molecule has 0 spiro atoms. The standard InChI is InChI=1S/C12H10.C8H18O/c1-3-7-11(8-4-1)12-9-5-2-6-10-12;1-7(2,3)9-8(4,5)6/h1-10H;1-6H3. The van der Waals surface area contributed by atoms with Crippen molar-refractivity contribution < 1.29 is 4.74 Å². The lowest BCUT2D eigenvalue weighted by molar-refractivity contribution is -0.102. The van der Waals surface area contributed by atoms with E-state index in [4.69, 9.17) is 4.74 Å². The van der Waals surface area contributed by atoms with Crippen molar-refractivity contribution in [3.63, 3.8) is 0 Å². The zero-order valence-corrected chi connectivity index (χ0v) is 14.2. The van der Waals surface area contributed by atoms with Gasteiger partial charge in [0.2, 0.25) is 0 Å². The summed E-state index contributed by atoms with van der Waals surface area (Å²) >= 11 is 0. The van der Waals surface area contributed by atoms with Gasteiger partial charge in [-0.2, -0.15) is 0 Å². The molecule has 0 aliphatic heterocycles. The Kier molecular flexibility index (Phi) is 6.17. The van der Waals surface area contributed by atoms with E-state index < -0.39 is 0 Å². The first-order valence-corrected chi connectivity index (χ1v) is 7.48. The number of hydrogen-bond donors (Lipinski definition) is 0. The highest BCUT2D eigenvalue weighted by Crippen LogP contribution is 2.18. The van der Waals surface area contributed by atoms with Crippen LogP contribution in [0.1, 0.15) is 41.5 Å². The summed E-state index contributed by atoms with van der Waals surface area (Å²) in [5.41, 5.74) is 2.52. The molecule has 2 aromatic carbocycles. The van der Waals surface area contributed by atoms with E-state index in [0.29, 0.717) is 0 Å². The maximum atomic E-state index is 5.62. The Bertz CT molecular complexity index is 452. The highest BCUT2D eigenvalue weighted by atomic mass is 16.5. The van der Waals surface area contributed by atoms with Crippen LogP contribution < -0.4 is 0 Å². The molecule has 1 nitrogen and oxygen atoms in total. The fraction of sp³-hybridized carbons (Fsp3) is 0.400. The van der Waals surface area contributed by atoms with Crippen molar-refractivity contribution in [2.24, 2.45) is 0 Å². The lowest BCUT2D eigenvalue weighted by Gasteiger charge is -2.30. The van der Waals surface area contributed by atoms with Gasteiger partial charge in [0.1, 0.15) is 0 Å². The molecule has 0 fully saturated rings. The van der Waals surface area contributed by atoms with Crippen LogP contribution in [0.2, 0.25) is 0 Å². The summed E-state index contributed by atoms with van der Waals surface area (Å²) in [5, 5.41) is 0. The summed E-state index contributed by atoms with van der Waals surface area (Å²) < 4.78 is 5.62. The maximum absolute atomic E-state index is 5.62. The minimum atomic E-state index is -0.0156. The number of ether oxygens (including phenoxy) is 1. The van der Waals surface area contributed by atoms with Gasteiger partial charge in [-0.25, -0.2) is 0 Å². The third-order valence-corrected chi connectivity index (χ3v) is 2.49. The first-order chi connectivity index (χ1) is 9.67. The van der Waals surface area contributed by atoms with Crippen LogP contribution in [-0.4, -0.2) is 11.2 Å². The van der Waals surface area contributed by atoms with E-state index in [1.54, 1.807) is 0 Å². The van der Waals surface area contributed by atoms with E-state index in [1.165, 1.54) is 11.1 Å². The van der Waals surface area contributed by atoms with Gasteiger partial charge >= 0.3 is 0 Å². The molecule has 1 heteroatoms. The summed E-state index contributed by atoms with van der Waals surface area (Å²) in [6.07, 6.45) is 0. The van der Waals surface area contributed by atoms with Crippen LogP contribution in [0.15, 0.2) is 60.7 Å². The molecule has 0 saturated carbocycles. The highest BCUT2D eigenvalue weighted by molar-refractivity contribution is 5.62. The molecule has 0 unspecified atom stereocenters. The number of rotatable bonds is 1. The van der Waals surface area contributed by atoms with Gasteiger partial charge in [0, 0.05) is 0 Å². The van der Waals surface area contributed by atoms with Crippen LogP contribution in [-0.2, 0) is 4.74 Å². The number of hydrogen-bond acceptors (Lipinski definition) is 1. The molecule has 0 aliphatic rings. The largest absolute Gasteiger partial charge is 0.370 e. The molecular formula is C20H28O. The van der Waals surface area contributed by atoms with Crippen molar-refractivity contribution in [2.75, 3.05) is 0 Å². The molecule has 0 atom stereocenters. The van der Waals surface area contributed by atoms with Crippen molar-refractivity contribution in [3.05, 3.63) is 60.7 Å². The van der Waals surface area contributed by atoms with Gasteiger partial charge in [-0.1, -0.05) is 60.7 Å². The first kappa shape index (κ1) is 17.5. The topological polar surface area (TPSA) is 9.23 Å². The average molecular weight is 284 g/mol. The SMILES string of the molecule is CC(C)(C)OC(C)(C)C.c1ccc(-c2ccccc2)cc1. The molecule has 114 valence electrons. The normalized spacial score (nSPS) is 11.5. The molecule has 0 aliphatic carbocycles. The van der Waals surface area contributed by atoms with Gasteiger partial charge in [0.25, 0.3) is 0 Å². The first-order valence-electron chi connectivity index (χ1n) is 7.48. The lowest BCUT2D eigenvalue weighted by Crippen LogP contribution is -2.31. The predicted octanol–water partition coefficient (Wildman–Crippen LogP) is 5.95. The Labute approximate surface area is 130 Å². The number of benzene rings is 2. The molecule has 0 saturated heterocycles. The van der Waals surface area contributed by atoms with Crippen LogP contribution in [0, 0.1) is 0 Å². The second kappa shape index (κ2) is 7.42. The molecular weight excluding hydrogens is 256 g/mol. The monoisotopic (exact) mass is 284 g/mol. The second-order valence-electron chi connectivity index (χ2n) is 7.06. The van der Waals surface area contributed by atoms with Gasteiger partial charge in [0.15, 0.2) is 0 Å². The van der Waals surface area contributed by atoms with E-state index in [1.807, 2.05) is 12.1 Å². The van der Waals surface area contributed by atoms with Crippen molar-refractivity contribution in [1.82, 2.24) is 0 Å². The van der Waals surface area contributed by atoms with E-state index >= 15 is 0 Å². The zero-order valence-electron chi connectivity index (χ0n) is 14.2. The van der Waals surface area contributed by atoms with E-state index in [0.717, 1.165) is 0 Å². The average Bonchev–Trinajstić information content (AvgIpc) is 2.37. The van der Waals surface area contributed by atoms with Gasteiger partial charge in [-0.15, -0.1) is 0 Å². The fourth-order valence-electron chi connectivity index (χ4n) is 2.18. The van der Waals surface area contributed by atoms with E-state index in [-0.39, 0.29) is 11.2 Å². The Morgan fingerprint density at radius 2 is 0.810 bits per heavy atom. The maximum Gasteiger partial charge on any atom is 0.0605 e. The van der Waals surface area contributed by atoms with E-state index in [9.17, 15) is 0 Å². The van der Waals surface area contributed by atoms with Gasteiger partial charge < -0.3 is 4.74 Å². The summed E-state index contributed by atoms with van der Waals surface area (Å²) in [7, 11) is 0. The van der Waals surface area contributed by atoms with Crippen LogP contribution in [0.3, 0.4) is 0 Å². The molecule has 0 bridgehead atoms. The van der Waals surface area contributed by atoms with Crippen molar-refractivity contribution in [3.8, 4) is 11.1 Å². The minimum Gasteiger partial charge on any atom is -0.370 e. The van der Waals surface area contributed by atoms with Gasteiger partial charge in [0.05, 0.1) is 11.2 Å². The van der Waals surface area contributed by atoms with Crippen molar-refractivity contribution >= 4 is 0 Å². The predicted molar refractivity (Wildman–Crippen MR) is 92.5 cm³/mol. The Hall–Kier alpha value is -1.60. The zero-order chi connectivity index (χ0) is 15.9. The van der Waals surface area contributed by atoms with Crippen LogP contribution in [0.5, 0.6) is 0 Å². The molecule has 0 aromatic heterocycles. The Morgan fingerprint density at radius 1 is 0.524 bits per heavy atom. The van der Waals surface area contributed by atoms with Crippen LogP contribution >= 0.6 is 0 Å². The summed E-state index contributed by atoms with van der Waals surface area (Å²) in [6.45, 7) is 12.4. The van der Waals surface area contributed by atoms with Gasteiger partial charge in [-0.05, 0) is 52.7 Å². The second-order valence-corrected chi connectivity index (χ2v) is 7.06. The summed E-state index contributed by atoms with van der Waals surface area (Å²) in [4.78, 5) is 0. The lowest BCUT2D eigenvalue weighted by atomic mass is 10.1. The molecule has 0 radical (unpaired) electrons. The summed E-state index contributed by atoms with van der Waals surface area (Å²) in [5.74, 6) is 0. The Balaban J connectivity index is 0.000000222.